The van der Waals surface area contributed by atoms with Gasteiger partial charge in [0.15, 0.2) is 0 Å². The molecule has 0 aromatic heterocycles. The van der Waals surface area contributed by atoms with Crippen molar-refractivity contribution in [2.75, 3.05) is 31.1 Å². The van der Waals surface area contributed by atoms with E-state index in [4.69, 9.17) is 4.74 Å². The van der Waals surface area contributed by atoms with Crippen molar-refractivity contribution in [2.45, 2.75) is 56.4 Å². The maximum Gasteiger partial charge on any atom is 0.249 e. The summed E-state index contributed by atoms with van der Waals surface area (Å²) in [6.07, 6.45) is 10.3. The first-order valence-electron chi connectivity index (χ1n) is 15.1. The third-order valence-corrected chi connectivity index (χ3v) is 9.36. The average molecular weight is 570 g/mol. The number of nitrogens with zero attached hydrogens (tertiary/aromatic N) is 3. The van der Waals surface area contributed by atoms with Crippen molar-refractivity contribution in [3.63, 3.8) is 0 Å². The monoisotopic (exact) mass is 569 g/mol. The third-order valence-electron chi connectivity index (χ3n) is 9.36. The van der Waals surface area contributed by atoms with Gasteiger partial charge >= 0.3 is 0 Å². The van der Waals surface area contributed by atoms with Crippen LogP contribution in [0.3, 0.4) is 0 Å². The summed E-state index contributed by atoms with van der Waals surface area (Å²) in [5, 5.41) is 9.32. The fourth-order valence-electron chi connectivity index (χ4n) is 7.40. The largest absolute Gasteiger partial charge is 0.396 e. The number of benzene rings is 2. The van der Waals surface area contributed by atoms with Gasteiger partial charge in [-0.05, 0) is 43.4 Å². The molecule has 1 unspecified atom stereocenters. The van der Waals surface area contributed by atoms with Crippen LogP contribution >= 0.6 is 0 Å². The van der Waals surface area contributed by atoms with Crippen molar-refractivity contribution in [3.8, 4) is 0 Å². The Morgan fingerprint density at radius 1 is 0.833 bits per heavy atom. The van der Waals surface area contributed by atoms with E-state index in [-0.39, 0.29) is 24.3 Å². The number of carbonyl (C=O) groups is 3. The number of hydrogen-bond acceptors (Lipinski definition) is 5. The number of unbranched alkanes of at least 4 members (excludes halogenated alkanes) is 2. The van der Waals surface area contributed by atoms with Crippen molar-refractivity contribution in [3.05, 3.63) is 90.5 Å². The summed E-state index contributed by atoms with van der Waals surface area (Å²) in [7, 11) is 0. The SMILES string of the molecule is CC[C@@]12C=CCN(c3ccccc3)C(=O)[C@@H]1[C@H]1C(=O)N(CCCCCO)C3C(=O)N(Cc4ccccc4)CC=C[C@@]31O2. The van der Waals surface area contributed by atoms with Gasteiger partial charge in [-0.25, -0.2) is 0 Å². The molecule has 2 aromatic rings. The summed E-state index contributed by atoms with van der Waals surface area (Å²) in [6, 6.07) is 18.5. The van der Waals surface area contributed by atoms with E-state index in [1.807, 2.05) is 91.9 Å². The Labute approximate surface area is 247 Å². The lowest BCUT2D eigenvalue weighted by atomic mass is 9.73. The van der Waals surface area contributed by atoms with Crippen LogP contribution in [0.25, 0.3) is 0 Å². The number of fused-ring (bicyclic) bond motifs is 2. The van der Waals surface area contributed by atoms with Gasteiger partial charge in [-0.15, -0.1) is 0 Å². The molecule has 0 bridgehead atoms. The summed E-state index contributed by atoms with van der Waals surface area (Å²) < 4.78 is 7.06. The molecule has 0 saturated carbocycles. The maximum atomic E-state index is 14.5. The van der Waals surface area contributed by atoms with E-state index >= 15 is 0 Å². The topological polar surface area (TPSA) is 90.4 Å². The molecule has 4 aliphatic rings. The average Bonchev–Trinajstić information content (AvgIpc) is 3.30. The lowest BCUT2D eigenvalue weighted by molar-refractivity contribution is -0.152. The number of hydrogen-bond donors (Lipinski definition) is 1. The van der Waals surface area contributed by atoms with E-state index < -0.39 is 29.1 Å². The van der Waals surface area contributed by atoms with Crippen LogP contribution in [-0.2, 0) is 25.7 Å². The maximum absolute atomic E-state index is 14.5. The van der Waals surface area contributed by atoms with E-state index in [2.05, 4.69) is 0 Å². The smallest absolute Gasteiger partial charge is 0.249 e. The molecule has 4 heterocycles. The second-order valence-corrected chi connectivity index (χ2v) is 11.7. The molecule has 3 amide bonds. The van der Waals surface area contributed by atoms with Crippen molar-refractivity contribution in [1.29, 1.82) is 0 Å². The fraction of sp³-hybridized carbons (Fsp3) is 0.441. The second kappa shape index (κ2) is 11.5. The van der Waals surface area contributed by atoms with Crippen molar-refractivity contribution < 1.29 is 24.2 Å². The molecule has 6 rings (SSSR count). The van der Waals surface area contributed by atoms with E-state index in [1.54, 1.807) is 14.7 Å². The molecular weight excluding hydrogens is 530 g/mol. The first-order chi connectivity index (χ1) is 20.5. The van der Waals surface area contributed by atoms with E-state index in [9.17, 15) is 19.5 Å². The first-order valence-corrected chi connectivity index (χ1v) is 15.1. The van der Waals surface area contributed by atoms with E-state index in [0.29, 0.717) is 45.4 Å². The summed E-state index contributed by atoms with van der Waals surface area (Å²) in [5.74, 6) is -2.15. The molecule has 0 radical (unpaired) electrons. The molecule has 2 aromatic carbocycles. The summed E-state index contributed by atoms with van der Waals surface area (Å²) in [5.41, 5.74) is -0.507. The van der Waals surface area contributed by atoms with Gasteiger partial charge in [-0.2, -0.15) is 0 Å². The highest BCUT2D eigenvalue weighted by Crippen LogP contribution is 2.58. The van der Waals surface area contributed by atoms with Crippen LogP contribution < -0.4 is 4.90 Å². The van der Waals surface area contributed by atoms with E-state index in [1.165, 1.54) is 0 Å². The minimum Gasteiger partial charge on any atom is -0.396 e. The standard InChI is InChI=1S/C34H39N3O5/c1-2-33-18-12-22-36(26-16-8-4-9-17-26)30(39)27(33)28-31(40)37(21-10-5-11-23-38)29-32(41)35(20-13-19-34(28,29)42-33)24-25-14-6-3-7-15-25/h3-4,6-9,12-19,27-29,38H,2,5,10-11,20-24H2,1H3/t27-,28-,29?,33+,34-/m0/s1. The van der Waals surface area contributed by atoms with Gasteiger partial charge in [-0.1, -0.05) is 79.8 Å². The van der Waals surface area contributed by atoms with Gasteiger partial charge in [0.25, 0.3) is 0 Å². The molecule has 42 heavy (non-hydrogen) atoms. The fourth-order valence-corrected chi connectivity index (χ4v) is 7.40. The van der Waals surface area contributed by atoms with Crippen LogP contribution in [0.5, 0.6) is 0 Å². The minimum atomic E-state index is -1.27. The third kappa shape index (κ3) is 4.57. The zero-order valence-electron chi connectivity index (χ0n) is 24.1. The first kappa shape index (κ1) is 28.4. The molecule has 8 nitrogen and oxygen atoms in total. The lowest BCUT2D eigenvalue weighted by Gasteiger charge is -2.38. The van der Waals surface area contributed by atoms with Crippen LogP contribution in [0.4, 0.5) is 5.69 Å². The Bertz CT molecular complexity index is 1380. The molecule has 1 spiro atoms. The summed E-state index contributed by atoms with van der Waals surface area (Å²) in [6.45, 7) is 3.61. The van der Waals surface area contributed by atoms with Crippen LogP contribution in [0, 0.1) is 11.8 Å². The lowest BCUT2D eigenvalue weighted by Crippen LogP contribution is -2.56. The molecule has 8 heteroatoms. The number of para-hydroxylation sites is 1. The number of carbonyl (C=O) groups excluding carboxylic acids is 3. The van der Waals surface area contributed by atoms with Crippen LogP contribution in [-0.4, -0.2) is 76.1 Å². The number of aliphatic hydroxyl groups is 1. The van der Waals surface area contributed by atoms with Crippen LogP contribution in [0.2, 0.25) is 0 Å². The number of aliphatic hydroxyl groups excluding tert-OH is 1. The minimum absolute atomic E-state index is 0.0802. The number of likely N-dealkylation sites (tertiary alicyclic amines) is 1. The van der Waals surface area contributed by atoms with Crippen molar-refractivity contribution in [2.24, 2.45) is 11.8 Å². The molecule has 2 fully saturated rings. The highest BCUT2D eigenvalue weighted by atomic mass is 16.5. The van der Waals surface area contributed by atoms with Gasteiger partial charge in [-0.3, -0.25) is 14.4 Å². The van der Waals surface area contributed by atoms with E-state index in [0.717, 1.165) is 17.7 Å². The Hall–Kier alpha value is -3.75. The number of anilines is 1. The van der Waals surface area contributed by atoms with Crippen molar-refractivity contribution >= 4 is 23.4 Å². The zero-order valence-corrected chi connectivity index (χ0v) is 24.1. The predicted octanol–water partition coefficient (Wildman–Crippen LogP) is 3.71. The number of amides is 3. The van der Waals surface area contributed by atoms with Crippen molar-refractivity contribution in [1.82, 2.24) is 9.80 Å². The summed E-state index contributed by atoms with van der Waals surface area (Å²) in [4.78, 5) is 48.8. The molecule has 220 valence electrons. The molecular formula is C34H39N3O5. The quantitative estimate of drug-likeness (QED) is 0.367. The van der Waals surface area contributed by atoms with Crippen LogP contribution in [0.15, 0.2) is 85.0 Å². The highest BCUT2D eigenvalue weighted by Gasteiger charge is 2.75. The number of ether oxygens (including phenoxy) is 1. The highest BCUT2D eigenvalue weighted by molar-refractivity contribution is 6.04. The zero-order chi connectivity index (χ0) is 29.3. The Morgan fingerprint density at radius 2 is 1.55 bits per heavy atom. The summed E-state index contributed by atoms with van der Waals surface area (Å²) >= 11 is 0. The molecule has 5 atom stereocenters. The van der Waals surface area contributed by atoms with Gasteiger partial charge in [0.1, 0.15) is 11.6 Å². The Balaban J connectivity index is 1.43. The van der Waals surface area contributed by atoms with Gasteiger partial charge in [0, 0.05) is 38.5 Å². The van der Waals surface area contributed by atoms with Gasteiger partial charge in [0.05, 0.1) is 17.4 Å². The second-order valence-electron chi connectivity index (χ2n) is 11.7. The Morgan fingerprint density at radius 3 is 2.26 bits per heavy atom. The predicted molar refractivity (Wildman–Crippen MR) is 159 cm³/mol. The molecule has 0 aliphatic carbocycles. The number of rotatable bonds is 9. The molecule has 1 N–H and O–H groups in total. The van der Waals surface area contributed by atoms with Gasteiger partial charge in [0.2, 0.25) is 17.7 Å². The van der Waals surface area contributed by atoms with Crippen LogP contribution in [0.1, 0.15) is 38.2 Å². The van der Waals surface area contributed by atoms with Gasteiger partial charge < -0.3 is 24.5 Å². The Kier molecular flexibility index (Phi) is 7.77. The molecule has 2 saturated heterocycles. The molecule has 4 aliphatic heterocycles. The normalized spacial score (nSPS) is 30.3.